The number of rotatable bonds is 3. The Balaban J connectivity index is 0.00000108. The number of anilines is 1. The summed E-state index contributed by atoms with van der Waals surface area (Å²) in [6, 6.07) is 6.64. The molecule has 4 unspecified atom stereocenters. The average Bonchev–Trinajstić information content (AvgIpc) is 3.49. The molecule has 3 fully saturated rings. The molecule has 5 heterocycles. The van der Waals surface area contributed by atoms with E-state index in [9.17, 15) is 4.39 Å². The molecule has 3 aliphatic heterocycles. The number of hydrogen-bond donors (Lipinski definition) is 1. The minimum Gasteiger partial charge on any atom is -0.374 e. The van der Waals surface area contributed by atoms with E-state index in [1.165, 1.54) is 0 Å². The summed E-state index contributed by atoms with van der Waals surface area (Å²) >= 11 is 0. The van der Waals surface area contributed by atoms with Crippen LogP contribution in [0.3, 0.4) is 0 Å². The van der Waals surface area contributed by atoms with Crippen molar-refractivity contribution in [2.24, 2.45) is 0 Å². The summed E-state index contributed by atoms with van der Waals surface area (Å²) in [6.45, 7) is 6.88. The van der Waals surface area contributed by atoms with Gasteiger partial charge in [-0.05, 0) is 56.5 Å². The van der Waals surface area contributed by atoms with Crippen LogP contribution < -0.4 is 10.2 Å². The van der Waals surface area contributed by atoms with E-state index in [-0.39, 0.29) is 40.3 Å². The highest BCUT2D eigenvalue weighted by molar-refractivity contribution is 7.59. The summed E-state index contributed by atoms with van der Waals surface area (Å²) in [6.07, 6.45) is 3.16. The molecule has 186 valence electrons. The molecule has 3 aliphatic rings. The predicted octanol–water partition coefficient (Wildman–Crippen LogP) is 3.69. The van der Waals surface area contributed by atoms with Gasteiger partial charge in [0, 0.05) is 30.5 Å². The van der Waals surface area contributed by atoms with Crippen molar-refractivity contribution in [3.8, 4) is 5.82 Å². The normalized spacial score (nSPS) is 25.6. The molecule has 10 heteroatoms. The van der Waals surface area contributed by atoms with Crippen molar-refractivity contribution in [1.29, 1.82) is 0 Å². The second kappa shape index (κ2) is 10.4. The largest absolute Gasteiger partial charge is 0.374 e. The molecule has 3 aromatic rings. The molecule has 0 saturated carbocycles. The van der Waals surface area contributed by atoms with Crippen molar-refractivity contribution >= 4 is 43.7 Å². The van der Waals surface area contributed by atoms with Gasteiger partial charge in [0.05, 0.1) is 30.5 Å². The Morgan fingerprint density at radius 1 is 1.12 bits per heavy atom. The summed E-state index contributed by atoms with van der Waals surface area (Å²) in [4.78, 5) is 11.7. The zero-order valence-corrected chi connectivity index (χ0v) is 20.9. The number of ether oxygens (including phenoxy) is 1. The van der Waals surface area contributed by atoms with Crippen molar-refractivity contribution in [3.63, 3.8) is 0 Å². The van der Waals surface area contributed by atoms with Crippen LogP contribution in [-0.2, 0) is 4.74 Å². The van der Waals surface area contributed by atoms with Crippen LogP contribution in [0, 0.1) is 13.8 Å². The highest BCUT2D eigenvalue weighted by atomic mass is 32.1. The number of hydrogen-bond acceptors (Lipinski definition) is 6. The van der Waals surface area contributed by atoms with Gasteiger partial charge in [-0.15, -0.1) is 0 Å². The highest BCUT2D eigenvalue weighted by Crippen LogP contribution is 2.35. The van der Waals surface area contributed by atoms with Crippen LogP contribution in [0.15, 0.2) is 24.4 Å². The first kappa shape index (κ1) is 26.7. The van der Waals surface area contributed by atoms with Crippen molar-refractivity contribution in [1.82, 2.24) is 25.1 Å². The van der Waals surface area contributed by atoms with Gasteiger partial charge in [-0.2, -0.15) is 32.1 Å². The Hall–Kier alpha value is -1.88. The van der Waals surface area contributed by atoms with Crippen LogP contribution >= 0.6 is 27.0 Å². The third-order valence-electron chi connectivity index (χ3n) is 6.99. The predicted molar refractivity (Wildman–Crippen MR) is 144 cm³/mol. The minimum atomic E-state index is -0.873. The average molecular weight is 507 g/mol. The molecule has 3 saturated heterocycles. The molecule has 6 rings (SSSR count). The molecule has 7 nitrogen and oxygen atoms in total. The van der Waals surface area contributed by atoms with Crippen molar-refractivity contribution in [3.05, 3.63) is 41.3 Å². The fourth-order valence-electron chi connectivity index (χ4n) is 5.43. The number of piperidine rings is 1. The number of aryl methyl sites for hydroxylation is 2. The van der Waals surface area contributed by atoms with E-state index in [2.05, 4.69) is 39.4 Å². The fraction of sp³-hybridized carbons (Fsp3) is 0.542. The highest BCUT2D eigenvalue weighted by Gasteiger charge is 2.40. The number of fused-ring (bicyclic) bond motifs is 3. The van der Waals surface area contributed by atoms with E-state index in [1.54, 1.807) is 0 Å². The number of morpholine rings is 1. The number of nitrogens with one attached hydrogen (secondary N) is 1. The first-order valence-electron chi connectivity index (χ1n) is 11.1. The summed E-state index contributed by atoms with van der Waals surface area (Å²) in [7, 11) is 0. The minimum absolute atomic E-state index is 0. The summed E-state index contributed by atoms with van der Waals surface area (Å²) < 4.78 is 22.3. The Morgan fingerprint density at radius 3 is 2.62 bits per heavy atom. The molecule has 0 spiro atoms. The number of aromatic nitrogens is 4. The third-order valence-corrected chi connectivity index (χ3v) is 6.99. The van der Waals surface area contributed by atoms with Crippen LogP contribution in [0.5, 0.6) is 0 Å². The first-order chi connectivity index (χ1) is 15.1. The molecular formula is C24H35FN6OS2. The molecule has 0 radical (unpaired) electrons. The fourth-order valence-corrected chi connectivity index (χ4v) is 5.43. The lowest BCUT2D eigenvalue weighted by atomic mass is 9.85. The Bertz CT molecular complexity index is 1160. The van der Waals surface area contributed by atoms with Gasteiger partial charge in [-0.1, -0.05) is 7.43 Å². The van der Waals surface area contributed by atoms with Gasteiger partial charge in [-0.3, -0.25) is 0 Å². The Kier molecular flexibility index (Phi) is 8.17. The molecule has 0 amide bonds. The molecular weight excluding hydrogens is 471 g/mol. The number of benzene rings is 1. The topological polar surface area (TPSA) is 68.1 Å². The molecule has 1 aromatic carbocycles. The zero-order chi connectivity index (χ0) is 21.1. The maximum absolute atomic E-state index is 14.7. The van der Waals surface area contributed by atoms with E-state index >= 15 is 0 Å². The van der Waals surface area contributed by atoms with Crippen molar-refractivity contribution in [2.75, 3.05) is 31.1 Å². The second-order valence-electron chi connectivity index (χ2n) is 9.07. The standard InChI is InChI=1S/C23H27FN6O.CH4.2H2S/c1-13-5-15-9-26-30(21(15)7-19(13)18-3-4-25-10-20(18)24)23-8-22(27-14(2)28-23)29-11-17-6-16(29)12-31-17;;;/h5,7-9,16-18,20,25H,3-4,6,10-12H2,1-2H3;1H4;2*1H2. The summed E-state index contributed by atoms with van der Waals surface area (Å²) in [5.74, 6) is 2.31. The Morgan fingerprint density at radius 2 is 1.91 bits per heavy atom. The lowest BCUT2D eigenvalue weighted by Crippen LogP contribution is -2.37. The van der Waals surface area contributed by atoms with Crippen LogP contribution in [0.1, 0.15) is 43.1 Å². The quantitative estimate of drug-likeness (QED) is 0.585. The van der Waals surface area contributed by atoms with Gasteiger partial charge in [0.15, 0.2) is 5.82 Å². The molecule has 1 N–H and O–H groups in total. The van der Waals surface area contributed by atoms with Gasteiger partial charge < -0.3 is 15.0 Å². The Labute approximate surface area is 214 Å². The molecule has 4 atom stereocenters. The van der Waals surface area contributed by atoms with Gasteiger partial charge >= 0.3 is 0 Å². The van der Waals surface area contributed by atoms with E-state index in [4.69, 9.17) is 9.72 Å². The molecule has 2 bridgehead atoms. The van der Waals surface area contributed by atoms with Crippen LogP contribution in [0.4, 0.5) is 10.2 Å². The summed E-state index contributed by atoms with van der Waals surface area (Å²) in [5, 5.41) is 8.84. The van der Waals surface area contributed by atoms with E-state index in [0.717, 1.165) is 66.2 Å². The monoisotopic (exact) mass is 506 g/mol. The van der Waals surface area contributed by atoms with Gasteiger partial charge in [0.25, 0.3) is 0 Å². The lowest BCUT2D eigenvalue weighted by Gasteiger charge is -2.28. The van der Waals surface area contributed by atoms with Gasteiger partial charge in [-0.25, -0.2) is 19.0 Å². The van der Waals surface area contributed by atoms with Crippen LogP contribution in [0.2, 0.25) is 0 Å². The van der Waals surface area contributed by atoms with E-state index < -0.39 is 6.17 Å². The van der Waals surface area contributed by atoms with E-state index in [0.29, 0.717) is 24.5 Å². The van der Waals surface area contributed by atoms with Crippen LogP contribution in [0.25, 0.3) is 16.7 Å². The maximum Gasteiger partial charge on any atom is 0.159 e. The first-order valence-corrected chi connectivity index (χ1v) is 11.1. The number of alkyl halides is 1. The number of nitrogens with zero attached hydrogens (tertiary/aromatic N) is 5. The van der Waals surface area contributed by atoms with Crippen LogP contribution in [-0.4, -0.2) is 64.3 Å². The van der Waals surface area contributed by atoms with Crippen molar-refractivity contribution in [2.45, 2.75) is 58.4 Å². The molecule has 2 aromatic heterocycles. The number of halogens is 1. The van der Waals surface area contributed by atoms with Crippen molar-refractivity contribution < 1.29 is 9.13 Å². The maximum atomic E-state index is 14.7. The van der Waals surface area contributed by atoms with Gasteiger partial charge in [0.2, 0.25) is 0 Å². The zero-order valence-electron chi connectivity index (χ0n) is 18.9. The molecule has 0 aliphatic carbocycles. The summed E-state index contributed by atoms with van der Waals surface area (Å²) in [5.41, 5.74) is 3.15. The molecule has 34 heavy (non-hydrogen) atoms. The SMILES string of the molecule is C.Cc1nc(N2CC3CC2CO3)cc(-n2ncc3cc(C)c(C4CCNCC4F)cc32)n1.S.S. The third kappa shape index (κ3) is 4.53. The smallest absolute Gasteiger partial charge is 0.159 e. The van der Waals surface area contributed by atoms with Gasteiger partial charge in [0.1, 0.15) is 17.8 Å². The second-order valence-corrected chi connectivity index (χ2v) is 9.07. The lowest BCUT2D eigenvalue weighted by molar-refractivity contribution is 0.0988. The van der Waals surface area contributed by atoms with E-state index in [1.807, 2.05) is 23.9 Å².